The molecular formula is C28H33ClF3N7O2. The number of nitrogens with two attached hydrogens (primary N) is 1. The van der Waals surface area contributed by atoms with Gasteiger partial charge in [0.2, 0.25) is 0 Å². The molecule has 0 amide bonds. The van der Waals surface area contributed by atoms with Gasteiger partial charge in [-0.25, -0.2) is 15.0 Å². The minimum atomic E-state index is -4.51. The molecule has 0 unspecified atom stereocenters. The van der Waals surface area contributed by atoms with Gasteiger partial charge in [-0.05, 0) is 57.2 Å². The van der Waals surface area contributed by atoms with E-state index in [1.54, 1.807) is 0 Å². The van der Waals surface area contributed by atoms with Crippen molar-refractivity contribution < 1.29 is 23.0 Å². The summed E-state index contributed by atoms with van der Waals surface area (Å²) in [6.45, 7) is 5.05. The lowest BCUT2D eigenvalue weighted by molar-refractivity contribution is -0.137. The number of aliphatic hydroxyl groups is 1. The van der Waals surface area contributed by atoms with Crippen molar-refractivity contribution in [2.45, 2.75) is 82.6 Å². The van der Waals surface area contributed by atoms with Crippen LogP contribution in [-0.2, 0) is 17.3 Å². The van der Waals surface area contributed by atoms with Crippen LogP contribution in [0.2, 0.25) is 5.02 Å². The molecule has 3 aromatic heterocycles. The van der Waals surface area contributed by atoms with Crippen molar-refractivity contribution in [1.82, 2.24) is 29.4 Å². The van der Waals surface area contributed by atoms with Gasteiger partial charge in [0.1, 0.15) is 29.7 Å². The molecule has 9 nitrogen and oxygen atoms in total. The molecule has 2 aliphatic rings. The third kappa shape index (κ3) is 5.50. The van der Waals surface area contributed by atoms with Crippen LogP contribution in [0.25, 0.3) is 22.1 Å². The predicted molar refractivity (Wildman–Crippen MR) is 149 cm³/mol. The summed E-state index contributed by atoms with van der Waals surface area (Å²) >= 11 is 5.85. The van der Waals surface area contributed by atoms with Gasteiger partial charge in [0.05, 0.1) is 33.1 Å². The number of H-pyrrole nitrogens is 1. The van der Waals surface area contributed by atoms with Gasteiger partial charge in [-0.15, -0.1) is 0 Å². The first-order valence-corrected chi connectivity index (χ1v) is 14.3. The van der Waals surface area contributed by atoms with Crippen LogP contribution in [0.5, 0.6) is 0 Å². The van der Waals surface area contributed by atoms with E-state index >= 15 is 0 Å². The van der Waals surface area contributed by atoms with E-state index in [9.17, 15) is 18.3 Å². The highest BCUT2D eigenvalue weighted by Crippen LogP contribution is 2.39. The summed E-state index contributed by atoms with van der Waals surface area (Å²) in [7, 11) is 0. The van der Waals surface area contributed by atoms with E-state index in [4.69, 9.17) is 22.1 Å². The summed E-state index contributed by atoms with van der Waals surface area (Å²) in [6, 6.07) is 4.85. The summed E-state index contributed by atoms with van der Waals surface area (Å²) in [5.41, 5.74) is 6.53. The Hall–Kier alpha value is -2.93. The quantitative estimate of drug-likeness (QED) is 0.253. The first kappa shape index (κ1) is 28.2. The summed E-state index contributed by atoms with van der Waals surface area (Å²) in [5, 5.41) is 11.2. The molecule has 0 bridgehead atoms. The number of alkyl halides is 3. The number of nitrogens with one attached hydrogen (secondary N) is 1. The van der Waals surface area contributed by atoms with Gasteiger partial charge >= 0.3 is 6.18 Å². The molecule has 1 saturated carbocycles. The number of halogens is 4. The van der Waals surface area contributed by atoms with E-state index in [1.807, 2.05) is 16.8 Å². The number of fused-ring (bicyclic) bond motifs is 2. The highest BCUT2D eigenvalue weighted by Gasteiger charge is 2.41. The van der Waals surface area contributed by atoms with Crippen LogP contribution in [0.3, 0.4) is 0 Å². The van der Waals surface area contributed by atoms with Crippen molar-refractivity contribution in [2.24, 2.45) is 5.92 Å². The smallest absolute Gasteiger partial charge is 0.388 e. The Labute approximate surface area is 239 Å². The SMILES string of the molecule is CC(C)N(C[C@@H]1C[C@@H](O)[C@H](n2ccc3c(N)ncnc32)O1)[C@H]1C[C@@H](CCc2nc3cc(Cl)c(C(F)(F)F)cc3[nH]2)C1. The fourth-order valence-electron chi connectivity index (χ4n) is 6.28. The zero-order valence-electron chi connectivity index (χ0n) is 22.8. The molecule has 2 fully saturated rings. The average molecular weight is 592 g/mol. The maximum absolute atomic E-state index is 13.2. The largest absolute Gasteiger partial charge is 0.417 e. The number of anilines is 1. The molecule has 1 saturated heterocycles. The van der Waals surface area contributed by atoms with E-state index in [1.165, 1.54) is 12.4 Å². The lowest BCUT2D eigenvalue weighted by Crippen LogP contribution is -2.50. The third-order valence-electron chi connectivity index (χ3n) is 8.45. The monoisotopic (exact) mass is 591 g/mol. The molecule has 4 aromatic rings. The number of ether oxygens (including phenoxy) is 1. The van der Waals surface area contributed by atoms with Gasteiger partial charge in [0.15, 0.2) is 6.23 Å². The molecule has 41 heavy (non-hydrogen) atoms. The fourth-order valence-corrected chi connectivity index (χ4v) is 6.54. The van der Waals surface area contributed by atoms with Crippen molar-refractivity contribution >= 4 is 39.5 Å². The molecule has 4 N–H and O–H groups in total. The highest BCUT2D eigenvalue weighted by molar-refractivity contribution is 6.32. The van der Waals surface area contributed by atoms with Gasteiger partial charge in [-0.2, -0.15) is 13.2 Å². The Kier molecular flexibility index (Phi) is 7.37. The van der Waals surface area contributed by atoms with E-state index < -0.39 is 24.1 Å². The highest BCUT2D eigenvalue weighted by atomic mass is 35.5. The van der Waals surface area contributed by atoms with Gasteiger partial charge < -0.3 is 25.1 Å². The second-order valence-electron chi connectivity index (χ2n) is 11.5. The topological polar surface area (TPSA) is 118 Å². The minimum absolute atomic E-state index is 0.128. The van der Waals surface area contributed by atoms with Crippen LogP contribution >= 0.6 is 11.6 Å². The van der Waals surface area contributed by atoms with Crippen molar-refractivity contribution in [3.63, 3.8) is 0 Å². The van der Waals surface area contributed by atoms with Gasteiger partial charge in [0.25, 0.3) is 0 Å². The Bertz CT molecular complexity index is 1550. The van der Waals surface area contributed by atoms with Crippen LogP contribution < -0.4 is 5.73 Å². The zero-order valence-corrected chi connectivity index (χ0v) is 23.5. The number of aliphatic hydroxyl groups excluding tert-OH is 1. The standard InChI is InChI=1S/C28H33ClF3N7O2/c1-14(2)39(12-17-9-23(40)27(41-17)38-6-5-18-25(33)34-13-35-26(18)38)16-7-15(8-16)3-4-24-36-21-10-19(28(30,31)32)20(29)11-22(21)37-24/h5-6,10-11,13-17,23,27,40H,3-4,7-9,12H2,1-2H3,(H,36,37)(H2,33,34,35)/t15-,16+,17-,23+,27+/m0/s1. The summed E-state index contributed by atoms with van der Waals surface area (Å²) in [5.74, 6) is 1.56. The van der Waals surface area contributed by atoms with E-state index in [0.717, 1.165) is 30.7 Å². The zero-order chi connectivity index (χ0) is 29.1. The van der Waals surface area contributed by atoms with Crippen LogP contribution in [0.1, 0.15) is 57.1 Å². The Morgan fingerprint density at radius 3 is 2.76 bits per heavy atom. The lowest BCUT2D eigenvalue weighted by Gasteiger charge is -2.46. The number of rotatable bonds is 8. The molecule has 0 spiro atoms. The molecule has 220 valence electrons. The summed E-state index contributed by atoms with van der Waals surface area (Å²) in [4.78, 5) is 18.3. The van der Waals surface area contributed by atoms with Crippen LogP contribution in [0.15, 0.2) is 30.7 Å². The number of imidazole rings is 1. The number of benzene rings is 1. The number of hydrogen-bond acceptors (Lipinski definition) is 7. The Balaban J connectivity index is 1.04. The molecular weight excluding hydrogens is 559 g/mol. The van der Waals surface area contributed by atoms with E-state index in [2.05, 4.69) is 38.7 Å². The van der Waals surface area contributed by atoms with Crippen molar-refractivity contribution in [3.8, 4) is 0 Å². The number of nitrogen functional groups attached to an aromatic ring is 1. The first-order chi connectivity index (χ1) is 19.5. The number of aromatic amines is 1. The third-order valence-corrected chi connectivity index (χ3v) is 8.76. The number of aryl methyl sites for hydroxylation is 1. The molecule has 0 radical (unpaired) electrons. The van der Waals surface area contributed by atoms with Crippen LogP contribution in [0.4, 0.5) is 19.0 Å². The minimum Gasteiger partial charge on any atom is -0.388 e. The molecule has 6 rings (SSSR count). The molecule has 3 atom stereocenters. The van der Waals surface area contributed by atoms with Crippen molar-refractivity contribution in [2.75, 3.05) is 12.3 Å². The average Bonchev–Trinajstić information content (AvgIpc) is 3.57. The van der Waals surface area contributed by atoms with E-state index in [-0.39, 0.29) is 11.1 Å². The normalized spacial score (nSPS) is 25.1. The van der Waals surface area contributed by atoms with Gasteiger partial charge in [0, 0.05) is 37.7 Å². The number of aromatic nitrogens is 5. The molecule has 4 heterocycles. The second kappa shape index (κ2) is 10.7. The van der Waals surface area contributed by atoms with Crippen LogP contribution in [0, 0.1) is 5.92 Å². The fraction of sp³-hybridized carbons (Fsp3) is 0.536. The Morgan fingerprint density at radius 2 is 2.02 bits per heavy atom. The maximum Gasteiger partial charge on any atom is 0.417 e. The molecule has 1 aromatic carbocycles. The van der Waals surface area contributed by atoms with E-state index in [0.29, 0.717) is 65.7 Å². The maximum atomic E-state index is 13.2. The lowest BCUT2D eigenvalue weighted by atomic mass is 9.76. The summed E-state index contributed by atoms with van der Waals surface area (Å²) < 4.78 is 47.8. The molecule has 1 aliphatic heterocycles. The predicted octanol–water partition coefficient (Wildman–Crippen LogP) is 5.33. The van der Waals surface area contributed by atoms with Gasteiger partial charge in [-0.3, -0.25) is 4.90 Å². The number of nitrogens with zero attached hydrogens (tertiary/aromatic N) is 5. The molecule has 1 aliphatic carbocycles. The molecule has 13 heteroatoms. The first-order valence-electron chi connectivity index (χ1n) is 13.9. The van der Waals surface area contributed by atoms with Crippen LogP contribution in [-0.4, -0.2) is 65.3 Å². The second-order valence-corrected chi connectivity index (χ2v) is 11.9. The van der Waals surface area contributed by atoms with Gasteiger partial charge in [-0.1, -0.05) is 11.6 Å². The number of hydrogen-bond donors (Lipinski definition) is 3. The van der Waals surface area contributed by atoms with Crippen molar-refractivity contribution in [3.05, 3.63) is 47.1 Å². The summed E-state index contributed by atoms with van der Waals surface area (Å²) in [6.07, 6.45) is 1.53. The van der Waals surface area contributed by atoms with Crippen molar-refractivity contribution in [1.29, 1.82) is 0 Å². The Morgan fingerprint density at radius 1 is 1.24 bits per heavy atom.